The molecule has 15 heteroatoms. The largest absolute Gasteiger partial charge is 0.417 e. The predicted molar refractivity (Wildman–Crippen MR) is 155 cm³/mol. The second-order valence-corrected chi connectivity index (χ2v) is 12.9. The number of halogens is 4. The molecule has 1 amide bonds. The second-order valence-electron chi connectivity index (χ2n) is 10.9. The average Bonchev–Trinajstić information content (AvgIpc) is 3.25. The van der Waals surface area contributed by atoms with Crippen molar-refractivity contribution in [2.45, 2.75) is 17.6 Å². The van der Waals surface area contributed by atoms with E-state index < -0.39 is 33.5 Å². The lowest BCUT2D eigenvalue weighted by Crippen LogP contribution is -2.50. The van der Waals surface area contributed by atoms with E-state index in [1.54, 1.807) is 9.80 Å². The summed E-state index contributed by atoms with van der Waals surface area (Å²) in [6.45, 7) is 5.45. The summed E-state index contributed by atoms with van der Waals surface area (Å²) in [5.41, 5.74) is -2.03. The van der Waals surface area contributed by atoms with Gasteiger partial charge >= 0.3 is 16.7 Å². The van der Waals surface area contributed by atoms with Gasteiger partial charge in [0.2, 0.25) is 5.91 Å². The van der Waals surface area contributed by atoms with Crippen molar-refractivity contribution in [2.24, 2.45) is 5.41 Å². The van der Waals surface area contributed by atoms with Crippen molar-refractivity contribution in [3.05, 3.63) is 62.4 Å². The Bertz CT molecular complexity index is 1960. The first kappa shape index (κ1) is 28.1. The summed E-state index contributed by atoms with van der Waals surface area (Å²) in [7, 11) is 0. The Morgan fingerprint density at radius 3 is 2.56 bits per heavy atom. The third-order valence-electron chi connectivity index (χ3n) is 8.20. The molecule has 9 nitrogen and oxygen atoms in total. The van der Waals surface area contributed by atoms with Crippen molar-refractivity contribution in [2.75, 3.05) is 50.0 Å². The summed E-state index contributed by atoms with van der Waals surface area (Å²) in [5.74, 6) is -0.501. The normalized spacial score (nSPS) is 18.2. The molecule has 224 valence electrons. The number of fused-ring (bicyclic) bond motifs is 1. The molecule has 1 N–H and O–H groups in total. The quantitative estimate of drug-likeness (QED) is 0.268. The number of benzene rings is 2. The smallest absolute Gasteiger partial charge is 0.380 e. The zero-order valence-electron chi connectivity index (χ0n) is 22.4. The number of anilines is 1. The van der Waals surface area contributed by atoms with Gasteiger partial charge in [-0.3, -0.25) is 14.2 Å². The lowest BCUT2D eigenvalue weighted by atomic mass is 9.88. The minimum Gasteiger partial charge on any atom is -0.380 e. The maximum absolute atomic E-state index is 15.0. The van der Waals surface area contributed by atoms with Gasteiger partial charge in [0.05, 0.1) is 34.5 Å². The van der Waals surface area contributed by atoms with Crippen molar-refractivity contribution >= 4 is 55.9 Å². The van der Waals surface area contributed by atoms with Gasteiger partial charge in [-0.05, 0) is 24.3 Å². The number of carbonyl (C=O) groups excluding carboxylic acids is 1. The molecule has 2 aromatic carbocycles. The first-order chi connectivity index (χ1) is 20.5. The first-order valence-corrected chi connectivity index (χ1v) is 15.2. The number of alkyl halides is 3. The molecule has 7 rings (SSSR count). The van der Waals surface area contributed by atoms with Crippen LogP contribution in [0.4, 0.5) is 23.4 Å². The number of piperazine rings is 1. The van der Waals surface area contributed by atoms with Crippen LogP contribution in [0, 0.1) is 11.2 Å². The Balaban J connectivity index is 1.53. The Kier molecular flexibility index (Phi) is 6.48. The number of rotatable bonds is 3. The Hall–Kier alpha value is -3.69. The highest BCUT2D eigenvalue weighted by Gasteiger charge is 2.44. The van der Waals surface area contributed by atoms with Gasteiger partial charge in [-0.25, -0.2) is 9.18 Å². The highest BCUT2D eigenvalue weighted by Crippen LogP contribution is 2.51. The molecule has 0 bridgehead atoms. The highest BCUT2D eigenvalue weighted by molar-refractivity contribution is 7.99. The Morgan fingerprint density at radius 1 is 1.16 bits per heavy atom. The van der Waals surface area contributed by atoms with Crippen LogP contribution in [0.5, 0.6) is 0 Å². The fraction of sp³-hybridized carbons (Fsp3) is 0.357. The van der Waals surface area contributed by atoms with E-state index >= 15 is 13.2 Å². The fourth-order valence-electron chi connectivity index (χ4n) is 6.06. The Labute approximate surface area is 248 Å². The average molecular weight is 634 g/mol. The molecule has 5 heterocycles. The van der Waals surface area contributed by atoms with E-state index in [2.05, 4.69) is 16.5 Å². The molecule has 3 aliphatic rings. The lowest BCUT2D eigenvalue weighted by molar-refractivity contribution is -0.137. The Morgan fingerprint density at radius 2 is 1.91 bits per heavy atom. The molecule has 43 heavy (non-hydrogen) atoms. The first-order valence-electron chi connectivity index (χ1n) is 13.4. The van der Waals surface area contributed by atoms with Gasteiger partial charge in [0.25, 0.3) is 0 Å². The summed E-state index contributed by atoms with van der Waals surface area (Å²) in [6.07, 6.45) is -3.65. The summed E-state index contributed by atoms with van der Waals surface area (Å²) < 4.78 is 66.6. The number of nitrogens with zero attached hydrogens (tertiary/aromatic N) is 4. The number of hydrogen-bond acceptors (Lipinski definition) is 8. The second kappa shape index (κ2) is 9.92. The zero-order valence-corrected chi connectivity index (χ0v) is 24.1. The molecular formula is C28H23F4N5O4S2. The van der Waals surface area contributed by atoms with Crippen LogP contribution >= 0.6 is 23.1 Å². The maximum Gasteiger partial charge on any atom is 0.417 e. The van der Waals surface area contributed by atoms with Gasteiger partial charge in [0.15, 0.2) is 0 Å². The molecule has 2 saturated heterocycles. The number of H-pyrrole nitrogens is 1. The molecule has 2 aromatic heterocycles. The number of hydrogen-bond donors (Lipinski definition) is 1. The number of nitrogens with one attached hydrogen (secondary N) is 1. The van der Waals surface area contributed by atoms with Gasteiger partial charge in [0, 0.05) is 65.3 Å². The van der Waals surface area contributed by atoms with E-state index in [1.165, 1.54) is 28.5 Å². The number of aromatic nitrogens is 3. The molecule has 1 spiro atoms. The number of thiazole rings is 1. The number of thioether (sulfide) groups is 1. The van der Waals surface area contributed by atoms with Crippen molar-refractivity contribution in [1.82, 2.24) is 19.4 Å². The van der Waals surface area contributed by atoms with Gasteiger partial charge in [-0.15, -0.1) is 11.8 Å². The molecule has 0 radical (unpaired) electrons. The minimum atomic E-state index is -4.85. The van der Waals surface area contributed by atoms with Crippen LogP contribution in [-0.2, 0) is 22.3 Å². The van der Waals surface area contributed by atoms with Crippen LogP contribution in [-0.4, -0.2) is 70.5 Å². The summed E-state index contributed by atoms with van der Waals surface area (Å²) >= 11 is 1.78. The summed E-state index contributed by atoms with van der Waals surface area (Å²) in [6, 6.07) is 3.29. The van der Waals surface area contributed by atoms with Gasteiger partial charge < -0.3 is 19.5 Å². The van der Waals surface area contributed by atoms with Crippen LogP contribution in [0.25, 0.3) is 32.2 Å². The van der Waals surface area contributed by atoms with E-state index in [-0.39, 0.29) is 76.1 Å². The monoisotopic (exact) mass is 633 g/mol. The number of ether oxygens (including phenoxy) is 1. The number of aromatic amines is 1. The standard InChI is InChI=1S/C28H23F4N5O4S2/c1-2-18(38)35-5-7-36(8-6-35)24-15-9-16(28(30,31)32)19(14-3-4-17(29)22-20(14)33-26(40)43-22)23-21(15)37(25(39)34-24)10-27(13-42-23)11-41-12-27/h2-4,9H,1,5-8,10-13H2,(H,33,40). The van der Waals surface area contributed by atoms with Gasteiger partial charge in [-0.1, -0.05) is 17.9 Å². The molecule has 0 aliphatic carbocycles. The predicted octanol–water partition coefficient (Wildman–Crippen LogP) is 4.08. The molecule has 2 fully saturated rings. The van der Waals surface area contributed by atoms with E-state index in [0.29, 0.717) is 35.8 Å². The molecule has 0 atom stereocenters. The molecule has 3 aliphatic heterocycles. The number of carbonyl (C=O) groups is 1. The fourth-order valence-corrected chi connectivity index (χ4v) is 8.26. The minimum absolute atomic E-state index is 0.0150. The molecule has 4 aromatic rings. The van der Waals surface area contributed by atoms with E-state index in [9.17, 15) is 18.8 Å². The molecule has 0 saturated carbocycles. The van der Waals surface area contributed by atoms with E-state index in [4.69, 9.17) is 4.74 Å². The van der Waals surface area contributed by atoms with Crippen LogP contribution in [0.1, 0.15) is 5.56 Å². The molecule has 0 unspecified atom stereocenters. The zero-order chi connectivity index (χ0) is 30.3. The van der Waals surface area contributed by atoms with Crippen LogP contribution in [0.15, 0.2) is 45.3 Å². The maximum atomic E-state index is 15.0. The third kappa shape index (κ3) is 4.47. The van der Waals surface area contributed by atoms with Crippen LogP contribution in [0.2, 0.25) is 0 Å². The SMILES string of the molecule is C=CC(=O)N1CCN(c2nc(=O)n3c4c(c(-c5ccc(F)c6sc(=O)[nH]c56)c(C(F)(F)F)cc24)SCC2(COC2)C3)CC1. The van der Waals surface area contributed by atoms with Gasteiger partial charge in [-0.2, -0.15) is 18.2 Å². The van der Waals surface area contributed by atoms with E-state index in [1.807, 2.05) is 0 Å². The van der Waals surface area contributed by atoms with Crippen molar-refractivity contribution in [3.63, 3.8) is 0 Å². The topological polar surface area (TPSA) is 101 Å². The van der Waals surface area contributed by atoms with Crippen LogP contribution in [0.3, 0.4) is 0 Å². The van der Waals surface area contributed by atoms with Crippen molar-refractivity contribution < 1.29 is 27.1 Å². The summed E-state index contributed by atoms with van der Waals surface area (Å²) in [5, 5.41) is 0.149. The lowest BCUT2D eigenvalue weighted by Gasteiger charge is -2.40. The van der Waals surface area contributed by atoms with Crippen molar-refractivity contribution in [3.8, 4) is 11.1 Å². The van der Waals surface area contributed by atoms with E-state index in [0.717, 1.165) is 12.1 Å². The van der Waals surface area contributed by atoms with Crippen LogP contribution < -0.4 is 15.5 Å². The third-order valence-corrected chi connectivity index (χ3v) is 10.5. The highest BCUT2D eigenvalue weighted by atomic mass is 32.2. The van der Waals surface area contributed by atoms with Gasteiger partial charge in [0.1, 0.15) is 11.6 Å². The molecular weight excluding hydrogens is 610 g/mol. The van der Waals surface area contributed by atoms with Crippen molar-refractivity contribution in [1.29, 1.82) is 0 Å². The summed E-state index contributed by atoms with van der Waals surface area (Å²) in [4.78, 5) is 47.8. The number of amides is 1.